The SMILES string of the molecule is CCCCCCC(=CC(=O)[O-])CCCCCC.CCCCCCC(=CC(=O)[O-])CCCCCC.[Zn+2]. The third-order valence-corrected chi connectivity index (χ3v) is 6.05. The molecule has 200 valence electrons. The fraction of sp³-hybridized carbons (Fsp3) is 0.800. The van der Waals surface area contributed by atoms with E-state index in [1.165, 1.54) is 89.2 Å². The number of carboxylic acid groups (broad SMARTS) is 2. The first kappa shape index (κ1) is 38.6. The number of hydrogen-bond donors (Lipinski definition) is 0. The standard InChI is InChI=1S/2C15H28O2.Zn/c2*1-3-5-7-9-11-14(13-15(16)17)12-10-8-6-4-2;/h2*13H,3-12H2,1-2H3,(H,16,17);/q;;+2/p-2. The summed E-state index contributed by atoms with van der Waals surface area (Å²) < 4.78 is 0. The summed E-state index contributed by atoms with van der Waals surface area (Å²) in [5, 5.41) is 21.2. The molecule has 0 rings (SSSR count). The zero-order valence-electron chi connectivity index (χ0n) is 23.6. The van der Waals surface area contributed by atoms with Gasteiger partial charge in [-0.25, -0.2) is 0 Å². The summed E-state index contributed by atoms with van der Waals surface area (Å²) in [6, 6.07) is 0. The molecule has 0 saturated heterocycles. The summed E-state index contributed by atoms with van der Waals surface area (Å²) in [6.07, 6.45) is 25.5. The number of carboxylic acids is 2. The smallest absolute Gasteiger partial charge is 0.545 e. The van der Waals surface area contributed by atoms with Crippen molar-refractivity contribution < 1.29 is 39.3 Å². The second kappa shape index (κ2) is 31.1. The molecule has 0 fully saturated rings. The topological polar surface area (TPSA) is 80.3 Å². The monoisotopic (exact) mass is 542 g/mol. The van der Waals surface area contributed by atoms with Crippen molar-refractivity contribution in [2.75, 3.05) is 0 Å². The number of rotatable bonds is 22. The predicted molar refractivity (Wildman–Crippen MR) is 141 cm³/mol. The molecule has 35 heavy (non-hydrogen) atoms. The van der Waals surface area contributed by atoms with Gasteiger partial charge in [0.15, 0.2) is 0 Å². The van der Waals surface area contributed by atoms with Gasteiger partial charge in [-0.2, -0.15) is 0 Å². The van der Waals surface area contributed by atoms with E-state index in [0.717, 1.165) is 62.5 Å². The first-order valence-electron chi connectivity index (χ1n) is 14.2. The fourth-order valence-corrected chi connectivity index (χ4v) is 3.99. The Bertz CT molecular complexity index is 464. The molecule has 0 aromatic carbocycles. The number of unbranched alkanes of at least 4 members (excludes halogenated alkanes) is 12. The third kappa shape index (κ3) is 33.0. The van der Waals surface area contributed by atoms with Gasteiger partial charge in [0.05, 0.1) is 11.9 Å². The molecule has 0 aliphatic heterocycles. The van der Waals surface area contributed by atoms with Crippen LogP contribution >= 0.6 is 0 Å². The largest absolute Gasteiger partial charge is 2.00 e. The minimum atomic E-state index is -1.04. The van der Waals surface area contributed by atoms with E-state index >= 15 is 0 Å². The van der Waals surface area contributed by atoms with E-state index < -0.39 is 11.9 Å². The number of carbonyl (C=O) groups is 2. The van der Waals surface area contributed by atoms with Crippen molar-refractivity contribution in [3.63, 3.8) is 0 Å². The second-order valence-electron chi connectivity index (χ2n) is 9.49. The summed E-state index contributed by atoms with van der Waals surface area (Å²) in [4.78, 5) is 21.2. The van der Waals surface area contributed by atoms with E-state index in [9.17, 15) is 19.8 Å². The molecule has 0 atom stereocenters. The summed E-state index contributed by atoms with van der Waals surface area (Å²) in [6.45, 7) is 8.73. The molecule has 4 nitrogen and oxygen atoms in total. The molecule has 0 amide bonds. The van der Waals surface area contributed by atoms with E-state index in [4.69, 9.17) is 0 Å². The van der Waals surface area contributed by atoms with Crippen LogP contribution in [-0.4, -0.2) is 11.9 Å². The van der Waals surface area contributed by atoms with E-state index in [-0.39, 0.29) is 19.5 Å². The van der Waals surface area contributed by atoms with Crippen molar-refractivity contribution in [3.8, 4) is 0 Å². The molecule has 0 heterocycles. The Labute approximate surface area is 230 Å². The number of aliphatic carboxylic acids is 2. The van der Waals surface area contributed by atoms with Crippen LogP contribution in [0.4, 0.5) is 0 Å². The molecule has 0 saturated carbocycles. The molecule has 0 aromatic heterocycles. The Morgan fingerprint density at radius 3 is 0.857 bits per heavy atom. The van der Waals surface area contributed by atoms with Crippen LogP contribution in [0.2, 0.25) is 0 Å². The van der Waals surface area contributed by atoms with Gasteiger partial charge in [-0.15, -0.1) is 0 Å². The maximum absolute atomic E-state index is 10.6. The van der Waals surface area contributed by atoms with Gasteiger partial charge in [-0.05, 0) is 63.5 Å². The van der Waals surface area contributed by atoms with Gasteiger partial charge >= 0.3 is 19.5 Å². The van der Waals surface area contributed by atoms with Gasteiger partial charge in [0, 0.05) is 0 Å². The Morgan fingerprint density at radius 2 is 0.686 bits per heavy atom. The minimum Gasteiger partial charge on any atom is -0.545 e. The van der Waals surface area contributed by atoms with Gasteiger partial charge in [0.2, 0.25) is 0 Å². The van der Waals surface area contributed by atoms with Gasteiger partial charge in [0.25, 0.3) is 0 Å². The van der Waals surface area contributed by atoms with Crippen LogP contribution in [0.25, 0.3) is 0 Å². The van der Waals surface area contributed by atoms with Gasteiger partial charge in [0.1, 0.15) is 0 Å². The Balaban J connectivity index is -0.000000569. The summed E-state index contributed by atoms with van der Waals surface area (Å²) in [5.41, 5.74) is 2.13. The molecule has 0 N–H and O–H groups in total. The van der Waals surface area contributed by atoms with Crippen molar-refractivity contribution >= 4 is 11.9 Å². The molecule has 0 aliphatic carbocycles. The average Bonchev–Trinajstić information content (AvgIpc) is 2.79. The molecular weight excluding hydrogens is 490 g/mol. The zero-order chi connectivity index (χ0) is 25.9. The number of carbonyl (C=O) groups excluding carboxylic acids is 2. The summed E-state index contributed by atoms with van der Waals surface area (Å²) in [7, 11) is 0. The van der Waals surface area contributed by atoms with E-state index in [1.807, 2.05) is 0 Å². The van der Waals surface area contributed by atoms with Crippen molar-refractivity contribution in [1.82, 2.24) is 0 Å². The van der Waals surface area contributed by atoms with Crippen LogP contribution in [0.5, 0.6) is 0 Å². The maximum atomic E-state index is 10.6. The average molecular weight is 544 g/mol. The zero-order valence-corrected chi connectivity index (χ0v) is 26.6. The van der Waals surface area contributed by atoms with Crippen LogP contribution in [0.3, 0.4) is 0 Å². The van der Waals surface area contributed by atoms with Crippen molar-refractivity contribution in [3.05, 3.63) is 23.3 Å². The van der Waals surface area contributed by atoms with Gasteiger partial charge in [-0.3, -0.25) is 0 Å². The maximum Gasteiger partial charge on any atom is 2.00 e. The van der Waals surface area contributed by atoms with Gasteiger partial charge in [-0.1, -0.05) is 116 Å². The van der Waals surface area contributed by atoms with Crippen molar-refractivity contribution in [2.24, 2.45) is 0 Å². The molecule has 0 bridgehead atoms. The summed E-state index contributed by atoms with van der Waals surface area (Å²) in [5.74, 6) is -2.07. The van der Waals surface area contributed by atoms with Crippen LogP contribution < -0.4 is 10.2 Å². The molecule has 5 heteroatoms. The normalized spacial score (nSPS) is 9.94. The Morgan fingerprint density at radius 1 is 0.457 bits per heavy atom. The molecule has 0 spiro atoms. The van der Waals surface area contributed by atoms with E-state index in [1.54, 1.807) is 0 Å². The second-order valence-corrected chi connectivity index (χ2v) is 9.49. The van der Waals surface area contributed by atoms with Crippen LogP contribution in [0.15, 0.2) is 23.3 Å². The third-order valence-electron chi connectivity index (χ3n) is 6.05. The fourth-order valence-electron chi connectivity index (χ4n) is 3.99. The van der Waals surface area contributed by atoms with Crippen LogP contribution in [-0.2, 0) is 29.1 Å². The Hall–Kier alpha value is -0.957. The molecule has 0 aromatic rings. The van der Waals surface area contributed by atoms with Crippen molar-refractivity contribution in [2.45, 2.75) is 156 Å². The first-order chi connectivity index (χ1) is 16.4. The summed E-state index contributed by atoms with van der Waals surface area (Å²) >= 11 is 0. The molecular formula is C30H54O4Zn. The number of allylic oxidation sites excluding steroid dienone is 2. The van der Waals surface area contributed by atoms with Crippen molar-refractivity contribution in [1.29, 1.82) is 0 Å². The van der Waals surface area contributed by atoms with E-state index in [2.05, 4.69) is 27.7 Å². The Kier molecular flexibility index (Phi) is 34.2. The first-order valence-corrected chi connectivity index (χ1v) is 14.2. The van der Waals surface area contributed by atoms with Gasteiger partial charge < -0.3 is 19.8 Å². The molecule has 0 unspecified atom stereocenters. The molecule has 0 radical (unpaired) electrons. The van der Waals surface area contributed by atoms with E-state index in [0.29, 0.717) is 0 Å². The number of hydrogen-bond acceptors (Lipinski definition) is 4. The minimum absolute atomic E-state index is 0. The quantitative estimate of drug-likeness (QED) is 0.0821. The van der Waals surface area contributed by atoms with Crippen LogP contribution in [0.1, 0.15) is 156 Å². The van der Waals surface area contributed by atoms with Crippen LogP contribution in [0, 0.1) is 0 Å². The molecule has 0 aliphatic rings. The predicted octanol–water partition coefficient (Wildman–Crippen LogP) is 7.20.